The van der Waals surface area contributed by atoms with Crippen molar-refractivity contribution in [3.05, 3.63) is 29.3 Å². The maximum Gasteiger partial charge on any atom is 0.0914 e. The molecule has 0 radical (unpaired) electrons. The molecule has 19 heavy (non-hydrogen) atoms. The third-order valence-corrected chi connectivity index (χ3v) is 4.90. The molecule has 1 aromatic carbocycles. The molecule has 1 aromatic rings. The fraction of sp³-hybridized carbons (Fsp3) is 0.625. The van der Waals surface area contributed by atoms with E-state index in [1.54, 1.807) is 0 Å². The number of nitrogens with one attached hydrogen (secondary N) is 1. The molecule has 106 valence electrons. The molecule has 3 heteroatoms. The van der Waals surface area contributed by atoms with Crippen molar-refractivity contribution in [3.8, 4) is 0 Å². The Kier molecular flexibility index (Phi) is 5.74. The van der Waals surface area contributed by atoms with Gasteiger partial charge in [0, 0.05) is 17.5 Å². The van der Waals surface area contributed by atoms with Crippen LogP contribution in [0.3, 0.4) is 0 Å². The highest BCUT2D eigenvalue weighted by Gasteiger charge is 2.16. The van der Waals surface area contributed by atoms with Crippen LogP contribution in [0.2, 0.25) is 0 Å². The fourth-order valence-corrected chi connectivity index (χ4v) is 3.49. The van der Waals surface area contributed by atoms with Crippen LogP contribution in [0, 0.1) is 6.92 Å². The van der Waals surface area contributed by atoms with Crippen LogP contribution in [-0.2, 0) is 0 Å². The molecule has 0 heterocycles. The molecule has 1 unspecified atom stereocenters. The Hall–Kier alpha value is -0.510. The van der Waals surface area contributed by atoms with Gasteiger partial charge >= 0.3 is 0 Å². The first-order chi connectivity index (χ1) is 9.20. The number of thioether (sulfide) groups is 1. The molecular weight excluding hydrogens is 254 g/mol. The summed E-state index contributed by atoms with van der Waals surface area (Å²) in [6, 6.07) is 6.94. The lowest BCUT2D eigenvalue weighted by atomic mass is 10.1. The van der Waals surface area contributed by atoms with Crippen molar-refractivity contribution in [2.24, 2.45) is 0 Å². The summed E-state index contributed by atoms with van der Waals surface area (Å²) in [6.07, 6.45) is 4.79. The van der Waals surface area contributed by atoms with Crippen LogP contribution in [0.1, 0.15) is 49.8 Å². The van der Waals surface area contributed by atoms with Gasteiger partial charge in [0.25, 0.3) is 0 Å². The van der Waals surface area contributed by atoms with Crippen LogP contribution in [0.4, 0.5) is 0 Å². The number of aliphatic hydroxyl groups excluding tert-OH is 1. The second-order valence-electron chi connectivity index (χ2n) is 5.36. The second kappa shape index (κ2) is 7.32. The zero-order valence-electron chi connectivity index (χ0n) is 12.0. The van der Waals surface area contributed by atoms with Gasteiger partial charge in [0.05, 0.1) is 6.10 Å². The lowest BCUT2D eigenvalue weighted by Gasteiger charge is -2.17. The summed E-state index contributed by atoms with van der Waals surface area (Å²) in [5, 5.41) is 13.7. The first-order valence-corrected chi connectivity index (χ1v) is 8.34. The smallest absolute Gasteiger partial charge is 0.0914 e. The number of aryl methyl sites for hydroxylation is 1. The van der Waals surface area contributed by atoms with Crippen molar-refractivity contribution < 1.29 is 5.11 Å². The van der Waals surface area contributed by atoms with Gasteiger partial charge in [-0.15, -0.1) is 11.8 Å². The fourth-order valence-electron chi connectivity index (χ4n) is 2.72. The predicted molar refractivity (Wildman–Crippen MR) is 82.8 cm³/mol. The minimum absolute atomic E-state index is 0.389. The van der Waals surface area contributed by atoms with E-state index in [9.17, 15) is 5.11 Å². The first-order valence-electron chi connectivity index (χ1n) is 7.35. The molecule has 0 spiro atoms. The summed E-state index contributed by atoms with van der Waals surface area (Å²) in [4.78, 5) is 1.32. The van der Waals surface area contributed by atoms with Crippen LogP contribution in [0.5, 0.6) is 0 Å². The zero-order valence-corrected chi connectivity index (χ0v) is 12.8. The summed E-state index contributed by atoms with van der Waals surface area (Å²) in [6.45, 7) is 4.96. The maximum atomic E-state index is 10.3. The van der Waals surface area contributed by atoms with Crippen molar-refractivity contribution in [1.29, 1.82) is 0 Å². The lowest BCUT2D eigenvalue weighted by Crippen LogP contribution is -2.30. The Bertz CT molecular complexity index is 402. The molecule has 1 aliphatic rings. The Morgan fingerprint density at radius 1 is 1.37 bits per heavy atom. The van der Waals surface area contributed by atoms with E-state index < -0.39 is 0 Å². The quantitative estimate of drug-likeness (QED) is 0.779. The minimum atomic E-state index is -0.389. The normalized spacial score (nSPS) is 17.8. The van der Waals surface area contributed by atoms with Crippen LogP contribution >= 0.6 is 11.8 Å². The molecule has 2 N–H and O–H groups in total. The van der Waals surface area contributed by atoms with Gasteiger partial charge in [-0.1, -0.05) is 31.9 Å². The van der Waals surface area contributed by atoms with E-state index in [4.69, 9.17) is 0 Å². The first kappa shape index (κ1) is 14.9. The highest BCUT2D eigenvalue weighted by Crippen LogP contribution is 2.25. The van der Waals surface area contributed by atoms with E-state index in [-0.39, 0.29) is 6.10 Å². The van der Waals surface area contributed by atoms with E-state index >= 15 is 0 Å². The molecule has 1 fully saturated rings. The predicted octanol–water partition coefficient (Wildman–Crippen LogP) is 3.67. The molecule has 0 aliphatic heterocycles. The minimum Gasteiger partial charge on any atom is -0.387 e. The van der Waals surface area contributed by atoms with Crippen LogP contribution < -0.4 is 5.32 Å². The summed E-state index contributed by atoms with van der Waals surface area (Å²) in [5.74, 6) is 1.09. The second-order valence-corrected chi connectivity index (χ2v) is 6.67. The third kappa shape index (κ3) is 4.23. The monoisotopic (exact) mass is 279 g/mol. The summed E-state index contributed by atoms with van der Waals surface area (Å²) < 4.78 is 0. The Balaban J connectivity index is 1.90. The number of hydrogen-bond acceptors (Lipinski definition) is 3. The van der Waals surface area contributed by atoms with Crippen molar-refractivity contribution in [3.63, 3.8) is 0 Å². The largest absolute Gasteiger partial charge is 0.387 e. The lowest BCUT2D eigenvalue weighted by molar-refractivity contribution is 0.170. The number of benzene rings is 1. The van der Waals surface area contributed by atoms with Crippen molar-refractivity contribution >= 4 is 11.8 Å². The number of hydrogen-bond donors (Lipinski definition) is 2. The Morgan fingerprint density at radius 3 is 2.74 bits per heavy atom. The summed E-state index contributed by atoms with van der Waals surface area (Å²) in [7, 11) is 0. The van der Waals surface area contributed by atoms with Gasteiger partial charge in [-0.05, 0) is 42.7 Å². The molecule has 0 amide bonds. The van der Waals surface area contributed by atoms with E-state index in [0.29, 0.717) is 12.6 Å². The van der Waals surface area contributed by atoms with Gasteiger partial charge in [-0.25, -0.2) is 0 Å². The standard InChI is InChI=1S/C16H25NOS/c1-3-19-16-9-8-13(10-12(16)2)15(18)11-17-14-6-4-5-7-14/h8-10,14-15,17-18H,3-7,11H2,1-2H3. The molecule has 0 bridgehead atoms. The SMILES string of the molecule is CCSc1ccc(C(O)CNC2CCCC2)cc1C. The molecule has 1 saturated carbocycles. The van der Waals surface area contributed by atoms with Gasteiger partial charge in [0.2, 0.25) is 0 Å². The van der Waals surface area contributed by atoms with Crippen LogP contribution in [-0.4, -0.2) is 23.4 Å². The van der Waals surface area contributed by atoms with Gasteiger partial charge in [0.15, 0.2) is 0 Å². The maximum absolute atomic E-state index is 10.3. The van der Waals surface area contributed by atoms with Gasteiger partial charge in [0.1, 0.15) is 0 Å². The zero-order chi connectivity index (χ0) is 13.7. The van der Waals surface area contributed by atoms with Crippen molar-refractivity contribution in [2.45, 2.75) is 56.6 Å². The summed E-state index contributed by atoms with van der Waals surface area (Å²) in [5.41, 5.74) is 2.30. The van der Waals surface area contributed by atoms with E-state index in [1.807, 2.05) is 11.8 Å². The average Bonchev–Trinajstić information content (AvgIpc) is 2.91. The molecule has 2 nitrogen and oxygen atoms in total. The Morgan fingerprint density at radius 2 is 2.11 bits per heavy atom. The van der Waals surface area contributed by atoms with E-state index in [0.717, 1.165) is 11.3 Å². The average molecular weight is 279 g/mol. The van der Waals surface area contributed by atoms with E-state index in [2.05, 4.69) is 37.4 Å². The molecular formula is C16H25NOS. The van der Waals surface area contributed by atoms with Gasteiger partial charge in [-0.2, -0.15) is 0 Å². The molecule has 0 saturated heterocycles. The third-order valence-electron chi connectivity index (χ3n) is 3.84. The molecule has 1 atom stereocenters. The summed E-state index contributed by atoms with van der Waals surface area (Å²) >= 11 is 1.86. The van der Waals surface area contributed by atoms with Gasteiger partial charge < -0.3 is 10.4 Å². The Labute approximate surface area is 121 Å². The molecule has 1 aliphatic carbocycles. The molecule has 0 aromatic heterocycles. The van der Waals surface area contributed by atoms with Crippen LogP contribution in [0.15, 0.2) is 23.1 Å². The number of rotatable bonds is 6. The van der Waals surface area contributed by atoms with Crippen molar-refractivity contribution in [1.82, 2.24) is 5.32 Å². The topological polar surface area (TPSA) is 32.3 Å². The molecule has 2 rings (SSSR count). The van der Waals surface area contributed by atoms with Gasteiger partial charge in [-0.3, -0.25) is 0 Å². The van der Waals surface area contributed by atoms with E-state index in [1.165, 1.54) is 36.1 Å². The number of aliphatic hydroxyl groups is 1. The van der Waals surface area contributed by atoms with Crippen molar-refractivity contribution in [2.75, 3.05) is 12.3 Å². The highest BCUT2D eigenvalue weighted by atomic mass is 32.2. The highest BCUT2D eigenvalue weighted by molar-refractivity contribution is 7.99. The van der Waals surface area contributed by atoms with Crippen LogP contribution in [0.25, 0.3) is 0 Å².